The van der Waals surface area contributed by atoms with E-state index < -0.39 is 17.7 Å². The molecule has 35 heavy (non-hydrogen) atoms. The summed E-state index contributed by atoms with van der Waals surface area (Å²) >= 11 is 6.01. The summed E-state index contributed by atoms with van der Waals surface area (Å²) in [5.41, 5.74) is 10.8. The van der Waals surface area contributed by atoms with Crippen molar-refractivity contribution in [3.63, 3.8) is 0 Å². The highest BCUT2D eigenvalue weighted by atomic mass is 35.5. The number of nitrogens with zero attached hydrogens (tertiary/aromatic N) is 1. The highest BCUT2D eigenvalue weighted by molar-refractivity contribution is 6.30. The molecule has 0 spiro atoms. The number of hydrogen-bond acceptors (Lipinski definition) is 6. The van der Waals surface area contributed by atoms with E-state index in [2.05, 4.69) is 4.98 Å². The van der Waals surface area contributed by atoms with Gasteiger partial charge in [0.1, 0.15) is 6.26 Å². The first-order valence-electron chi connectivity index (χ1n) is 11.4. The average Bonchev–Trinajstić information content (AvgIpc) is 3.38. The van der Waals surface area contributed by atoms with Crippen LogP contribution in [0.15, 0.2) is 53.3 Å². The van der Waals surface area contributed by atoms with Crippen LogP contribution in [0.5, 0.6) is 0 Å². The lowest BCUT2D eigenvalue weighted by Crippen LogP contribution is -2.51. The maximum atomic E-state index is 12.2. The van der Waals surface area contributed by atoms with Gasteiger partial charge in [-0.1, -0.05) is 35.9 Å². The fourth-order valence-corrected chi connectivity index (χ4v) is 4.63. The van der Waals surface area contributed by atoms with Crippen LogP contribution in [0, 0.1) is 6.92 Å². The Morgan fingerprint density at radius 1 is 1.09 bits per heavy atom. The van der Waals surface area contributed by atoms with Crippen molar-refractivity contribution in [2.45, 2.75) is 44.3 Å². The first-order chi connectivity index (χ1) is 16.8. The topological polar surface area (TPSA) is 125 Å². The molecule has 0 radical (unpaired) electrons. The summed E-state index contributed by atoms with van der Waals surface area (Å²) < 4.78 is 17.1. The first kappa shape index (κ1) is 24.9. The number of aliphatic carboxylic acids is 1. The van der Waals surface area contributed by atoms with E-state index in [1.807, 2.05) is 43.3 Å². The van der Waals surface area contributed by atoms with E-state index in [9.17, 15) is 9.59 Å². The Bertz CT molecular complexity index is 1190. The number of oxazole rings is 1. The lowest BCUT2D eigenvalue weighted by molar-refractivity contribution is -0.274. The second-order valence-electron chi connectivity index (χ2n) is 8.58. The number of nitrogens with two attached hydrogens (primary N) is 1. The lowest BCUT2D eigenvalue weighted by Gasteiger charge is -2.37. The molecule has 1 aliphatic heterocycles. The molecule has 1 amide bonds. The van der Waals surface area contributed by atoms with Gasteiger partial charge in [-0.15, -0.1) is 0 Å². The van der Waals surface area contributed by atoms with E-state index in [1.54, 1.807) is 0 Å². The summed E-state index contributed by atoms with van der Waals surface area (Å²) in [5, 5.41) is 9.85. The van der Waals surface area contributed by atoms with Gasteiger partial charge in [-0.25, -0.2) is 4.98 Å². The van der Waals surface area contributed by atoms with Crippen molar-refractivity contribution in [3.8, 4) is 0 Å². The fraction of sp³-hybridized carbons (Fsp3) is 0.346. The minimum Gasteiger partial charge on any atom is -0.481 e. The van der Waals surface area contributed by atoms with Gasteiger partial charge >= 0.3 is 11.8 Å². The smallest absolute Gasteiger partial charge is 0.329 e. The molecule has 8 nitrogen and oxygen atoms in total. The highest BCUT2D eigenvalue weighted by Gasteiger charge is 2.50. The zero-order valence-electron chi connectivity index (χ0n) is 19.3. The summed E-state index contributed by atoms with van der Waals surface area (Å²) in [4.78, 5) is 27.4. The molecule has 2 heterocycles. The van der Waals surface area contributed by atoms with Crippen LogP contribution in [0.4, 0.5) is 0 Å². The number of amides is 1. The molecule has 4 rings (SSSR count). The van der Waals surface area contributed by atoms with Crippen molar-refractivity contribution in [2.75, 3.05) is 13.2 Å². The van der Waals surface area contributed by atoms with Gasteiger partial charge < -0.3 is 24.7 Å². The van der Waals surface area contributed by atoms with Gasteiger partial charge in [0.05, 0.1) is 19.4 Å². The van der Waals surface area contributed by atoms with Crippen molar-refractivity contribution >= 4 is 23.5 Å². The quantitative estimate of drug-likeness (QED) is 0.458. The third-order valence-corrected chi connectivity index (χ3v) is 6.60. The monoisotopic (exact) mass is 498 g/mol. The van der Waals surface area contributed by atoms with Gasteiger partial charge in [0.25, 0.3) is 11.8 Å². The number of hydrogen-bond donors (Lipinski definition) is 2. The Balaban J connectivity index is 1.61. The number of halogens is 1. The molecule has 1 aromatic heterocycles. The van der Waals surface area contributed by atoms with Crippen molar-refractivity contribution in [1.29, 1.82) is 0 Å². The van der Waals surface area contributed by atoms with Gasteiger partial charge in [-0.2, -0.15) is 0 Å². The van der Waals surface area contributed by atoms with Crippen LogP contribution in [-0.4, -0.2) is 35.2 Å². The Hall–Kier alpha value is -3.20. The van der Waals surface area contributed by atoms with Gasteiger partial charge in [-0.05, 0) is 66.1 Å². The standard InChI is InChI=1S/C26H27ClN2O6/c1-16-18(8-11-22(30)31)6-7-19(5-2-17-3-9-21(27)10-4-17)23(16)20-14-34-26(24(28)32,35-15-20)25-29-12-13-33-25/h3-4,6-7,9-10,12-13,20H,2,5,8,11,14-15H2,1H3,(H2,28,32)(H,30,31). The summed E-state index contributed by atoms with van der Waals surface area (Å²) in [6.45, 7) is 2.30. The van der Waals surface area contributed by atoms with Gasteiger partial charge in [0, 0.05) is 17.4 Å². The lowest BCUT2D eigenvalue weighted by atomic mass is 9.84. The number of ether oxygens (including phenoxy) is 2. The molecule has 0 bridgehead atoms. The summed E-state index contributed by atoms with van der Waals surface area (Å²) in [5.74, 6) is -3.80. The van der Waals surface area contributed by atoms with Crippen molar-refractivity contribution < 1.29 is 28.6 Å². The number of primary amides is 1. The van der Waals surface area contributed by atoms with Crippen LogP contribution in [0.3, 0.4) is 0 Å². The number of carbonyl (C=O) groups excluding carboxylic acids is 1. The summed E-state index contributed by atoms with van der Waals surface area (Å²) in [6.07, 6.45) is 4.73. The molecule has 0 saturated carbocycles. The molecule has 3 aromatic rings. The average molecular weight is 499 g/mol. The molecule has 3 N–H and O–H groups in total. The minimum atomic E-state index is -1.88. The fourth-order valence-electron chi connectivity index (χ4n) is 4.51. The predicted octanol–water partition coefficient (Wildman–Crippen LogP) is 3.91. The number of aryl methyl sites for hydroxylation is 3. The number of carboxylic acids is 1. The van der Waals surface area contributed by atoms with Crippen LogP contribution < -0.4 is 5.73 Å². The Morgan fingerprint density at radius 3 is 2.37 bits per heavy atom. The summed E-state index contributed by atoms with van der Waals surface area (Å²) in [7, 11) is 0. The molecule has 184 valence electrons. The second kappa shape index (κ2) is 10.6. The molecule has 0 unspecified atom stereocenters. The van der Waals surface area contributed by atoms with Gasteiger partial charge in [0.15, 0.2) is 0 Å². The molecular weight excluding hydrogens is 472 g/mol. The normalized spacial score (nSPS) is 20.0. The maximum Gasteiger partial charge on any atom is 0.329 e. The number of carbonyl (C=O) groups is 2. The van der Waals surface area contributed by atoms with Crippen LogP contribution in [-0.2, 0) is 44.1 Å². The van der Waals surface area contributed by atoms with E-state index in [1.165, 1.54) is 12.5 Å². The van der Waals surface area contributed by atoms with Gasteiger partial charge in [-0.3, -0.25) is 9.59 Å². The van der Waals surface area contributed by atoms with Crippen LogP contribution in [0.1, 0.15) is 46.0 Å². The van der Waals surface area contributed by atoms with Crippen LogP contribution in [0.25, 0.3) is 0 Å². The van der Waals surface area contributed by atoms with E-state index in [0.717, 1.165) is 40.7 Å². The predicted molar refractivity (Wildman–Crippen MR) is 128 cm³/mol. The third kappa shape index (κ3) is 5.40. The molecule has 0 aliphatic carbocycles. The summed E-state index contributed by atoms with van der Waals surface area (Å²) in [6, 6.07) is 11.8. The number of benzene rings is 2. The number of rotatable bonds is 9. The zero-order valence-corrected chi connectivity index (χ0v) is 20.1. The second-order valence-corrected chi connectivity index (χ2v) is 9.02. The molecule has 9 heteroatoms. The Morgan fingerprint density at radius 2 is 1.77 bits per heavy atom. The first-order valence-corrected chi connectivity index (χ1v) is 11.7. The van der Waals surface area contributed by atoms with E-state index >= 15 is 0 Å². The van der Waals surface area contributed by atoms with E-state index in [0.29, 0.717) is 11.4 Å². The van der Waals surface area contributed by atoms with Crippen molar-refractivity contribution in [1.82, 2.24) is 4.98 Å². The molecular formula is C26H27ClN2O6. The number of aromatic nitrogens is 1. The molecule has 1 fully saturated rings. The minimum absolute atomic E-state index is 0.0387. The zero-order chi connectivity index (χ0) is 25.0. The van der Waals surface area contributed by atoms with Crippen molar-refractivity contribution in [3.05, 3.63) is 87.6 Å². The largest absolute Gasteiger partial charge is 0.481 e. The SMILES string of the molecule is Cc1c(CCC(=O)O)ccc(CCc2ccc(Cl)cc2)c1C1COC(C(N)=O)(c2ncco2)OC1. The van der Waals surface area contributed by atoms with Crippen LogP contribution >= 0.6 is 11.6 Å². The number of carboxylic acid groups (broad SMARTS) is 1. The van der Waals surface area contributed by atoms with Crippen LogP contribution in [0.2, 0.25) is 5.02 Å². The highest BCUT2D eigenvalue weighted by Crippen LogP contribution is 2.37. The molecule has 2 aromatic carbocycles. The third-order valence-electron chi connectivity index (χ3n) is 6.34. The van der Waals surface area contributed by atoms with E-state index in [4.69, 9.17) is 36.3 Å². The molecule has 1 aliphatic rings. The van der Waals surface area contributed by atoms with Gasteiger partial charge in [0.2, 0.25) is 0 Å². The Kier molecular flexibility index (Phi) is 7.54. The van der Waals surface area contributed by atoms with Crippen molar-refractivity contribution in [2.24, 2.45) is 5.73 Å². The van der Waals surface area contributed by atoms with E-state index in [-0.39, 0.29) is 31.4 Å². The maximum absolute atomic E-state index is 12.2. The molecule has 0 atom stereocenters. The molecule has 1 saturated heterocycles. The Labute approximate surface area is 208 Å².